The number of rotatable bonds is 7. The van der Waals surface area contributed by atoms with Crippen molar-refractivity contribution in [3.8, 4) is 5.75 Å². The van der Waals surface area contributed by atoms with E-state index in [0.717, 1.165) is 98.4 Å². The van der Waals surface area contributed by atoms with E-state index in [1.165, 1.54) is 18.4 Å². The molecule has 48 heavy (non-hydrogen) atoms. The lowest BCUT2D eigenvalue weighted by molar-refractivity contribution is 0.0342. The van der Waals surface area contributed by atoms with Crippen molar-refractivity contribution in [3.63, 3.8) is 0 Å². The highest BCUT2D eigenvalue weighted by atomic mass is 16.5. The van der Waals surface area contributed by atoms with E-state index in [2.05, 4.69) is 93.1 Å². The van der Waals surface area contributed by atoms with E-state index >= 15 is 0 Å². The second-order valence-corrected chi connectivity index (χ2v) is 14.6. The number of nitrogens with one attached hydrogen (secondary N) is 2. The molecule has 4 aromatic rings. The molecule has 0 radical (unpaired) electrons. The molecule has 2 fully saturated rings. The molecule has 0 saturated carbocycles. The smallest absolute Gasteiger partial charge is 0.319 e. The number of ether oxygens (including phenoxy) is 2. The van der Waals surface area contributed by atoms with Crippen molar-refractivity contribution in [1.82, 2.24) is 24.8 Å². The molecule has 7 rings (SSSR count). The van der Waals surface area contributed by atoms with E-state index in [9.17, 15) is 4.79 Å². The summed E-state index contributed by atoms with van der Waals surface area (Å²) in [6.45, 7) is 13.9. The molecule has 0 bridgehead atoms. The first-order valence-corrected chi connectivity index (χ1v) is 17.6. The second-order valence-electron chi connectivity index (χ2n) is 14.6. The van der Waals surface area contributed by atoms with Crippen LogP contribution >= 0.6 is 0 Å². The van der Waals surface area contributed by atoms with Crippen molar-refractivity contribution in [1.29, 1.82) is 0 Å². The zero-order valence-corrected chi connectivity index (χ0v) is 28.7. The summed E-state index contributed by atoms with van der Waals surface area (Å²) in [6.07, 6.45) is 7.02. The van der Waals surface area contributed by atoms with Gasteiger partial charge in [0.25, 0.3) is 0 Å². The Kier molecular flexibility index (Phi) is 9.29. The fraction of sp³-hybridized carbons (Fsp3) is 0.500. The van der Waals surface area contributed by atoms with E-state index in [1.807, 2.05) is 30.5 Å². The van der Waals surface area contributed by atoms with Crippen LogP contribution in [0, 0.1) is 0 Å². The van der Waals surface area contributed by atoms with Gasteiger partial charge in [-0.15, -0.1) is 10.2 Å². The number of carbonyl (C=O) groups is 1. The first-order valence-electron chi connectivity index (χ1n) is 17.6. The number of hydrogen-bond acceptors (Lipinski definition) is 7. The number of nitrogens with zero attached hydrogens (tertiary/aromatic N) is 5. The Morgan fingerprint density at radius 3 is 2.56 bits per heavy atom. The normalized spacial score (nSPS) is 21.9. The number of urea groups is 1. The van der Waals surface area contributed by atoms with Crippen LogP contribution in [0.1, 0.15) is 94.2 Å². The van der Waals surface area contributed by atoms with Gasteiger partial charge in [-0.05, 0) is 84.9 Å². The molecule has 3 atom stereocenters. The molecule has 2 saturated heterocycles. The van der Waals surface area contributed by atoms with Gasteiger partial charge in [-0.3, -0.25) is 9.30 Å². The predicted molar refractivity (Wildman–Crippen MR) is 189 cm³/mol. The zero-order valence-electron chi connectivity index (χ0n) is 28.7. The van der Waals surface area contributed by atoms with E-state index in [-0.39, 0.29) is 23.6 Å². The molecule has 2 amide bonds. The molecule has 4 heterocycles. The van der Waals surface area contributed by atoms with Crippen molar-refractivity contribution >= 4 is 23.3 Å². The lowest BCUT2D eigenvalue weighted by Crippen LogP contribution is -2.38. The van der Waals surface area contributed by atoms with Gasteiger partial charge < -0.3 is 25.0 Å². The Morgan fingerprint density at radius 2 is 1.77 bits per heavy atom. The molecule has 2 N–H and O–H groups in total. The summed E-state index contributed by atoms with van der Waals surface area (Å²) in [5.41, 5.74) is 6.14. The molecule has 254 valence electrons. The molecule has 10 nitrogen and oxygen atoms in total. The maximum absolute atomic E-state index is 13.6. The van der Waals surface area contributed by atoms with E-state index < -0.39 is 0 Å². The van der Waals surface area contributed by atoms with Crippen molar-refractivity contribution in [2.24, 2.45) is 0 Å². The lowest BCUT2D eigenvalue weighted by Gasteiger charge is -2.33. The third-order valence-corrected chi connectivity index (χ3v) is 10.2. The van der Waals surface area contributed by atoms with Crippen LogP contribution in [0.2, 0.25) is 0 Å². The average molecular weight is 652 g/mol. The van der Waals surface area contributed by atoms with E-state index in [0.29, 0.717) is 6.04 Å². The van der Waals surface area contributed by atoms with Gasteiger partial charge in [0.2, 0.25) is 5.95 Å². The van der Waals surface area contributed by atoms with Gasteiger partial charge in [-0.1, -0.05) is 57.2 Å². The number of hydrogen-bond donors (Lipinski definition) is 2. The number of benzene rings is 2. The summed E-state index contributed by atoms with van der Waals surface area (Å²) in [4.78, 5) is 18.4. The van der Waals surface area contributed by atoms with Crippen LogP contribution in [-0.4, -0.2) is 64.4 Å². The molecule has 1 aliphatic carbocycles. The molecule has 2 aromatic carbocycles. The number of carbonyl (C=O) groups excluding carboxylic acids is 1. The van der Waals surface area contributed by atoms with Crippen molar-refractivity contribution in [2.45, 2.75) is 89.9 Å². The van der Waals surface area contributed by atoms with Crippen LogP contribution in [0.3, 0.4) is 0 Å². The number of pyridine rings is 1. The minimum Gasteiger partial charge on any atom is -0.484 e. The molecule has 2 aromatic heterocycles. The molecule has 10 heteroatoms. The van der Waals surface area contributed by atoms with Crippen LogP contribution in [0.15, 0.2) is 60.8 Å². The predicted octanol–water partition coefficient (Wildman–Crippen LogP) is 7.01. The summed E-state index contributed by atoms with van der Waals surface area (Å²) in [5, 5.41) is 15.5. The highest BCUT2D eigenvalue weighted by Crippen LogP contribution is 2.39. The lowest BCUT2D eigenvalue weighted by atomic mass is 9.85. The molecule has 0 spiro atoms. The first kappa shape index (κ1) is 32.4. The quantitative estimate of drug-likeness (QED) is 0.222. The van der Waals surface area contributed by atoms with Gasteiger partial charge in [0, 0.05) is 37.9 Å². The SMILES string of the molecule is C[C@H]1CCCCN1c1nnc2ccc(OC3CCC(NC(=O)Nc4cc(C(C)(C)C)ccc4CN4CCOCC4)c4ccccc43)cn12. The summed E-state index contributed by atoms with van der Waals surface area (Å²) in [6, 6.07) is 18.9. The zero-order chi connectivity index (χ0) is 33.3. The van der Waals surface area contributed by atoms with Crippen LogP contribution in [0.5, 0.6) is 5.75 Å². The number of piperidine rings is 1. The highest BCUT2D eigenvalue weighted by Gasteiger charge is 2.30. The fourth-order valence-electron chi connectivity index (χ4n) is 7.32. The Labute approximate surface area is 283 Å². The average Bonchev–Trinajstić information content (AvgIpc) is 3.50. The number of aromatic nitrogens is 3. The molecular weight excluding hydrogens is 602 g/mol. The summed E-state index contributed by atoms with van der Waals surface area (Å²) < 4.78 is 14.3. The van der Waals surface area contributed by atoms with E-state index in [4.69, 9.17) is 9.47 Å². The second kappa shape index (κ2) is 13.8. The summed E-state index contributed by atoms with van der Waals surface area (Å²) >= 11 is 0. The topological polar surface area (TPSA) is 96.3 Å². The maximum atomic E-state index is 13.6. The number of amides is 2. The third kappa shape index (κ3) is 7.00. The third-order valence-electron chi connectivity index (χ3n) is 10.2. The fourth-order valence-corrected chi connectivity index (χ4v) is 7.32. The molecule has 3 aliphatic rings. The van der Waals surface area contributed by atoms with Gasteiger partial charge in [0.1, 0.15) is 11.9 Å². The van der Waals surface area contributed by atoms with Crippen LogP contribution < -0.4 is 20.3 Å². The van der Waals surface area contributed by atoms with Gasteiger partial charge in [0.05, 0.1) is 25.5 Å². The molecule has 2 aliphatic heterocycles. The Balaban J connectivity index is 1.07. The van der Waals surface area contributed by atoms with Crippen LogP contribution in [0.25, 0.3) is 5.65 Å². The van der Waals surface area contributed by atoms with Gasteiger partial charge >= 0.3 is 6.03 Å². The number of anilines is 2. The largest absolute Gasteiger partial charge is 0.484 e. The minimum atomic E-state index is -0.194. The van der Waals surface area contributed by atoms with Crippen molar-refractivity contribution in [3.05, 3.63) is 83.0 Å². The van der Waals surface area contributed by atoms with Crippen molar-refractivity contribution < 1.29 is 14.3 Å². The Bertz CT molecular complexity index is 1740. The minimum absolute atomic E-state index is 0.0336. The molecule has 2 unspecified atom stereocenters. The summed E-state index contributed by atoms with van der Waals surface area (Å²) in [7, 11) is 0. The maximum Gasteiger partial charge on any atom is 0.319 e. The van der Waals surface area contributed by atoms with E-state index in [1.54, 1.807) is 0 Å². The standard InChI is InChI=1S/C38H49N7O3/c1-26-9-7-8-18-44(26)37-42-41-35-17-14-29(25-45(35)37)48-34-16-15-32(30-10-5-6-11-31(30)34)39-36(46)40-33-23-28(38(2,3)4)13-12-27(33)24-43-19-21-47-22-20-43/h5-6,10-14,17,23,25-26,32,34H,7-9,15-16,18-22,24H2,1-4H3,(H2,39,40,46)/t26-,32?,34?/m0/s1. The van der Waals surface area contributed by atoms with Gasteiger partial charge in [-0.2, -0.15) is 0 Å². The number of morpholine rings is 1. The van der Waals surface area contributed by atoms with Crippen molar-refractivity contribution in [2.75, 3.05) is 43.1 Å². The van der Waals surface area contributed by atoms with Crippen LogP contribution in [-0.2, 0) is 16.7 Å². The van der Waals surface area contributed by atoms with Gasteiger partial charge in [-0.25, -0.2) is 4.79 Å². The summed E-state index contributed by atoms with van der Waals surface area (Å²) in [5.74, 6) is 1.66. The Morgan fingerprint density at radius 1 is 0.958 bits per heavy atom. The number of fused-ring (bicyclic) bond motifs is 2. The Hall–Kier alpha value is -4.15. The van der Waals surface area contributed by atoms with Gasteiger partial charge in [0.15, 0.2) is 5.65 Å². The van der Waals surface area contributed by atoms with Crippen LogP contribution in [0.4, 0.5) is 16.4 Å². The monoisotopic (exact) mass is 651 g/mol. The first-order chi connectivity index (χ1) is 23.2. The highest BCUT2D eigenvalue weighted by molar-refractivity contribution is 5.90. The molecular formula is C38H49N7O3.